The quantitative estimate of drug-likeness (QED) is 0.352. The number of benzene rings is 3. The second-order valence-electron chi connectivity index (χ2n) is 7.93. The van der Waals surface area contributed by atoms with E-state index < -0.39 is 0 Å². The first-order valence-electron chi connectivity index (χ1n) is 10.9. The van der Waals surface area contributed by atoms with Crippen LogP contribution in [0.4, 0.5) is 0 Å². The van der Waals surface area contributed by atoms with E-state index in [2.05, 4.69) is 0 Å². The zero-order chi connectivity index (χ0) is 25.4. The van der Waals surface area contributed by atoms with Crippen LogP contribution in [0.5, 0.6) is 23.0 Å². The number of aliphatic hydroxyl groups excluding tert-OH is 1. The zero-order valence-corrected chi connectivity index (χ0v) is 23.1. The van der Waals surface area contributed by atoms with Gasteiger partial charge in [0.05, 0.1) is 13.2 Å². The van der Waals surface area contributed by atoms with E-state index >= 15 is 0 Å². The first kappa shape index (κ1) is 30.2. The SMILES string of the molecule is Cc1ccc(Cl)cc1O.Cc1ccc(Cl)cc1OC[C@H]1CO1.OC[C@H]1COc2cc(Cl)ccc2O1.S. The van der Waals surface area contributed by atoms with Crippen molar-refractivity contribution in [3.63, 3.8) is 0 Å². The fourth-order valence-electron chi connectivity index (χ4n) is 2.84. The summed E-state index contributed by atoms with van der Waals surface area (Å²) in [5.74, 6) is 2.37. The summed E-state index contributed by atoms with van der Waals surface area (Å²) in [4.78, 5) is 0. The molecule has 1 fully saturated rings. The molecule has 2 heterocycles. The van der Waals surface area contributed by atoms with Gasteiger partial charge in [0.25, 0.3) is 0 Å². The monoisotopic (exact) mass is 574 g/mol. The van der Waals surface area contributed by atoms with Crippen LogP contribution >= 0.6 is 48.3 Å². The van der Waals surface area contributed by atoms with Gasteiger partial charge in [-0.1, -0.05) is 46.9 Å². The molecule has 0 bridgehead atoms. The third-order valence-electron chi connectivity index (χ3n) is 4.98. The van der Waals surface area contributed by atoms with Gasteiger partial charge >= 0.3 is 0 Å². The van der Waals surface area contributed by atoms with E-state index in [9.17, 15) is 0 Å². The Bertz CT molecular complexity index is 1130. The molecule has 3 aromatic carbocycles. The van der Waals surface area contributed by atoms with Gasteiger partial charge < -0.3 is 29.2 Å². The molecular formula is C26H29Cl3O6S. The minimum absolute atomic E-state index is 0. The highest BCUT2D eigenvalue weighted by Crippen LogP contribution is 2.33. The number of aromatic hydroxyl groups is 1. The summed E-state index contributed by atoms with van der Waals surface area (Å²) < 4.78 is 21.3. The van der Waals surface area contributed by atoms with E-state index in [4.69, 9.17) is 64.0 Å². The van der Waals surface area contributed by atoms with Crippen molar-refractivity contribution >= 4 is 48.3 Å². The summed E-state index contributed by atoms with van der Waals surface area (Å²) in [5.41, 5.74) is 1.95. The summed E-state index contributed by atoms with van der Waals surface area (Å²) in [6, 6.07) is 15.8. The summed E-state index contributed by atoms with van der Waals surface area (Å²) in [5, 5.41) is 19.7. The number of hydrogen-bond donors (Lipinski definition) is 2. The fourth-order valence-corrected chi connectivity index (χ4v) is 3.33. The van der Waals surface area contributed by atoms with Gasteiger partial charge in [0, 0.05) is 21.1 Å². The average Bonchev–Trinajstić information content (AvgIpc) is 3.67. The van der Waals surface area contributed by atoms with Crippen molar-refractivity contribution in [2.75, 3.05) is 26.4 Å². The van der Waals surface area contributed by atoms with Gasteiger partial charge in [0.1, 0.15) is 30.8 Å². The maximum Gasteiger partial charge on any atom is 0.162 e. The Hall–Kier alpha value is -2.00. The Morgan fingerprint density at radius 1 is 0.833 bits per heavy atom. The predicted molar refractivity (Wildman–Crippen MR) is 148 cm³/mol. The van der Waals surface area contributed by atoms with Crippen molar-refractivity contribution in [2.45, 2.75) is 26.1 Å². The highest BCUT2D eigenvalue weighted by Gasteiger charge is 2.23. The Morgan fingerprint density at radius 3 is 2.06 bits per heavy atom. The number of halogens is 3. The minimum atomic E-state index is -0.270. The maximum atomic E-state index is 9.02. The molecule has 0 spiro atoms. The van der Waals surface area contributed by atoms with E-state index in [0.717, 1.165) is 23.5 Å². The number of rotatable bonds is 4. The average molecular weight is 576 g/mol. The van der Waals surface area contributed by atoms with Crippen LogP contribution < -0.4 is 14.2 Å². The lowest BCUT2D eigenvalue weighted by molar-refractivity contribution is 0.0456. The predicted octanol–water partition coefficient (Wildman–Crippen LogP) is 6.36. The van der Waals surface area contributed by atoms with Gasteiger partial charge in [-0.2, -0.15) is 13.5 Å². The molecule has 2 atom stereocenters. The molecule has 196 valence electrons. The van der Waals surface area contributed by atoms with Gasteiger partial charge in [-0.3, -0.25) is 0 Å². The van der Waals surface area contributed by atoms with Crippen molar-refractivity contribution in [2.24, 2.45) is 0 Å². The molecule has 36 heavy (non-hydrogen) atoms. The molecule has 10 heteroatoms. The van der Waals surface area contributed by atoms with Gasteiger partial charge in [0.15, 0.2) is 17.6 Å². The number of ether oxygens (including phenoxy) is 4. The molecule has 0 unspecified atom stereocenters. The molecule has 2 aliphatic heterocycles. The van der Waals surface area contributed by atoms with E-state index in [1.165, 1.54) is 6.07 Å². The molecular weight excluding hydrogens is 547 g/mol. The second kappa shape index (κ2) is 14.7. The lowest BCUT2D eigenvalue weighted by Crippen LogP contribution is -2.32. The number of aliphatic hydroxyl groups is 1. The summed E-state index contributed by atoms with van der Waals surface area (Å²) >= 11 is 17.2. The third kappa shape index (κ3) is 9.81. The number of aryl methyl sites for hydroxylation is 2. The maximum absolute atomic E-state index is 9.02. The van der Waals surface area contributed by atoms with Crippen molar-refractivity contribution in [1.29, 1.82) is 0 Å². The molecule has 1 saturated heterocycles. The standard InChI is InChI=1S/C10H11ClO2.C9H9ClO3.C7H7ClO.H2S/c1-7-2-3-8(11)4-10(7)13-6-9-5-12-9;10-6-1-2-8-9(3-6)12-5-7(4-11)13-8;1-5-2-3-6(8)4-7(5)9;/h2-4,9H,5-6H2,1H3;1-3,7,11H,4-5H2;2-4,9H,1H3;1H2/t9-;7-;;/m10../s1. The van der Waals surface area contributed by atoms with Gasteiger partial charge in [-0.15, -0.1) is 0 Å². The van der Waals surface area contributed by atoms with Crippen LogP contribution in [0.3, 0.4) is 0 Å². The molecule has 6 nitrogen and oxygen atoms in total. The van der Waals surface area contributed by atoms with E-state index in [0.29, 0.717) is 45.9 Å². The molecule has 2 aliphatic rings. The van der Waals surface area contributed by atoms with Gasteiger partial charge in [0.2, 0.25) is 0 Å². The van der Waals surface area contributed by atoms with Crippen LogP contribution in [-0.2, 0) is 4.74 Å². The molecule has 0 amide bonds. The normalized spacial score (nSPS) is 16.8. The third-order valence-corrected chi connectivity index (χ3v) is 5.68. The topological polar surface area (TPSA) is 80.7 Å². The lowest BCUT2D eigenvalue weighted by atomic mass is 10.2. The van der Waals surface area contributed by atoms with Gasteiger partial charge in [-0.05, 0) is 61.4 Å². The number of fused-ring (bicyclic) bond motifs is 1. The zero-order valence-electron chi connectivity index (χ0n) is 19.8. The molecule has 0 saturated carbocycles. The van der Waals surface area contributed by atoms with Crippen molar-refractivity contribution < 1.29 is 29.2 Å². The first-order chi connectivity index (χ1) is 16.7. The first-order valence-corrected chi connectivity index (χ1v) is 12.0. The van der Waals surface area contributed by atoms with E-state index in [-0.39, 0.29) is 32.0 Å². The summed E-state index contributed by atoms with van der Waals surface area (Å²) in [6.45, 7) is 5.60. The fraction of sp³-hybridized carbons (Fsp3) is 0.308. The van der Waals surface area contributed by atoms with Crippen LogP contribution in [0.1, 0.15) is 11.1 Å². The van der Waals surface area contributed by atoms with Crippen LogP contribution in [0.2, 0.25) is 15.1 Å². The number of phenols is 1. The van der Waals surface area contributed by atoms with Crippen LogP contribution in [0.15, 0.2) is 54.6 Å². The Balaban J connectivity index is 0.000000191. The molecule has 0 aromatic heterocycles. The largest absolute Gasteiger partial charge is 0.508 e. The minimum Gasteiger partial charge on any atom is -0.508 e. The molecule has 0 radical (unpaired) electrons. The van der Waals surface area contributed by atoms with Crippen molar-refractivity contribution in [1.82, 2.24) is 0 Å². The Morgan fingerprint density at radius 2 is 1.44 bits per heavy atom. The van der Waals surface area contributed by atoms with Crippen molar-refractivity contribution in [3.8, 4) is 23.0 Å². The second-order valence-corrected chi connectivity index (χ2v) is 9.24. The van der Waals surface area contributed by atoms with Crippen LogP contribution in [-0.4, -0.2) is 48.8 Å². The smallest absolute Gasteiger partial charge is 0.162 e. The lowest BCUT2D eigenvalue weighted by Gasteiger charge is -2.24. The highest BCUT2D eigenvalue weighted by atomic mass is 35.5. The van der Waals surface area contributed by atoms with Crippen molar-refractivity contribution in [3.05, 3.63) is 80.8 Å². The number of epoxide rings is 1. The summed E-state index contributed by atoms with van der Waals surface area (Å²) in [7, 11) is 0. The van der Waals surface area contributed by atoms with E-state index in [1.54, 1.807) is 30.3 Å². The number of hydrogen-bond acceptors (Lipinski definition) is 6. The van der Waals surface area contributed by atoms with Gasteiger partial charge in [-0.25, -0.2) is 0 Å². The Labute approximate surface area is 233 Å². The molecule has 5 rings (SSSR count). The van der Waals surface area contributed by atoms with E-state index in [1.807, 2.05) is 32.0 Å². The molecule has 0 aliphatic carbocycles. The Kier molecular flexibility index (Phi) is 12.3. The summed E-state index contributed by atoms with van der Waals surface area (Å²) in [6.07, 6.45) is 0.0204. The molecule has 2 N–H and O–H groups in total. The highest BCUT2D eigenvalue weighted by molar-refractivity contribution is 7.59. The van der Waals surface area contributed by atoms with Crippen LogP contribution in [0.25, 0.3) is 0 Å². The number of phenolic OH excluding ortho intramolecular Hbond substituents is 1. The molecule has 3 aromatic rings. The van der Waals surface area contributed by atoms with Crippen LogP contribution in [0, 0.1) is 13.8 Å².